The number of hydrogen-bond donors (Lipinski definition) is 1. The lowest BCUT2D eigenvalue weighted by molar-refractivity contribution is -0.137. The van der Waals surface area contributed by atoms with Crippen molar-refractivity contribution in [2.75, 3.05) is 26.7 Å². The molecule has 1 fully saturated rings. The Morgan fingerprint density at radius 3 is 2.96 bits per heavy atom. The zero-order chi connectivity index (χ0) is 16.4. The van der Waals surface area contributed by atoms with Gasteiger partial charge in [-0.1, -0.05) is 23.4 Å². The molecule has 1 aromatic carbocycles. The van der Waals surface area contributed by atoms with Gasteiger partial charge in [0.15, 0.2) is 5.82 Å². The Labute approximate surface area is 131 Å². The van der Waals surface area contributed by atoms with Crippen LogP contribution >= 0.6 is 0 Å². The summed E-state index contributed by atoms with van der Waals surface area (Å²) in [6.45, 7) is 2.50. The molecule has 1 aliphatic heterocycles. The Kier molecular flexibility index (Phi) is 4.36. The monoisotopic (exact) mass is 326 g/mol. The van der Waals surface area contributed by atoms with E-state index >= 15 is 0 Å². The number of hydrogen-bond acceptors (Lipinski definition) is 5. The van der Waals surface area contributed by atoms with Gasteiger partial charge >= 0.3 is 6.18 Å². The zero-order valence-electron chi connectivity index (χ0n) is 12.6. The first-order valence-electron chi connectivity index (χ1n) is 7.33. The zero-order valence-corrected chi connectivity index (χ0v) is 12.6. The molecule has 124 valence electrons. The van der Waals surface area contributed by atoms with Gasteiger partial charge in [0.25, 0.3) is 0 Å². The molecule has 0 spiro atoms. The first-order valence-corrected chi connectivity index (χ1v) is 7.33. The molecule has 0 radical (unpaired) electrons. The highest BCUT2D eigenvalue weighted by molar-refractivity contribution is 5.27. The molecular weight excluding hydrogens is 309 g/mol. The summed E-state index contributed by atoms with van der Waals surface area (Å²) in [4.78, 5) is 6.45. The molecule has 5 nitrogen and oxygen atoms in total. The fourth-order valence-corrected chi connectivity index (χ4v) is 2.60. The van der Waals surface area contributed by atoms with E-state index in [2.05, 4.69) is 20.4 Å². The van der Waals surface area contributed by atoms with E-state index < -0.39 is 11.7 Å². The van der Waals surface area contributed by atoms with Crippen LogP contribution in [0.2, 0.25) is 0 Å². The minimum atomic E-state index is -4.35. The molecule has 3 rings (SSSR count). The van der Waals surface area contributed by atoms with E-state index in [1.165, 1.54) is 6.07 Å². The molecule has 8 heteroatoms. The minimum Gasteiger partial charge on any atom is -0.339 e. The Bertz CT molecular complexity index is 671. The molecular formula is C15H17F3N4O. The fourth-order valence-electron chi connectivity index (χ4n) is 2.60. The van der Waals surface area contributed by atoms with Crippen molar-refractivity contribution < 1.29 is 17.7 Å². The Morgan fingerprint density at radius 1 is 1.39 bits per heavy atom. The average Bonchev–Trinajstić information content (AvgIpc) is 2.95. The number of nitrogens with one attached hydrogen (secondary N) is 1. The summed E-state index contributed by atoms with van der Waals surface area (Å²) in [6.07, 6.45) is -4.17. The third-order valence-corrected chi connectivity index (χ3v) is 3.90. The third-order valence-electron chi connectivity index (χ3n) is 3.90. The maximum absolute atomic E-state index is 12.7. The molecule has 0 bridgehead atoms. The largest absolute Gasteiger partial charge is 0.416 e. The van der Waals surface area contributed by atoms with Crippen LogP contribution in [0, 0.1) is 0 Å². The SMILES string of the molecule is CN1CCNCC1c1noc(Cc2cccc(C(F)(F)F)c2)n1. The van der Waals surface area contributed by atoms with Gasteiger partial charge in [-0.3, -0.25) is 4.90 Å². The Balaban J connectivity index is 1.74. The summed E-state index contributed by atoms with van der Waals surface area (Å²) >= 11 is 0. The van der Waals surface area contributed by atoms with Gasteiger partial charge in [-0.15, -0.1) is 0 Å². The van der Waals surface area contributed by atoms with Crippen LogP contribution in [0.15, 0.2) is 28.8 Å². The van der Waals surface area contributed by atoms with E-state index in [4.69, 9.17) is 4.52 Å². The lowest BCUT2D eigenvalue weighted by atomic mass is 10.1. The molecule has 1 aromatic heterocycles. The molecule has 0 amide bonds. The number of rotatable bonds is 3. The average molecular weight is 326 g/mol. The van der Waals surface area contributed by atoms with Crippen LogP contribution in [0.4, 0.5) is 13.2 Å². The van der Waals surface area contributed by atoms with E-state index in [-0.39, 0.29) is 12.5 Å². The maximum Gasteiger partial charge on any atom is 0.416 e. The highest BCUT2D eigenvalue weighted by atomic mass is 19.4. The number of alkyl halides is 3. The molecule has 0 saturated carbocycles. The third kappa shape index (κ3) is 3.70. The molecule has 2 heterocycles. The molecule has 1 atom stereocenters. The second-order valence-electron chi connectivity index (χ2n) is 5.62. The summed E-state index contributed by atoms with van der Waals surface area (Å²) in [5.74, 6) is 0.875. The maximum atomic E-state index is 12.7. The van der Waals surface area contributed by atoms with E-state index in [1.54, 1.807) is 6.07 Å². The normalized spacial score (nSPS) is 19.9. The summed E-state index contributed by atoms with van der Waals surface area (Å²) < 4.78 is 43.4. The first-order chi connectivity index (χ1) is 10.9. The van der Waals surface area contributed by atoms with Gasteiger partial charge in [0.2, 0.25) is 5.89 Å². The summed E-state index contributed by atoms with van der Waals surface area (Å²) in [6, 6.07) is 5.17. The highest BCUT2D eigenvalue weighted by Gasteiger charge is 2.30. The lowest BCUT2D eigenvalue weighted by Gasteiger charge is -2.30. The van der Waals surface area contributed by atoms with Gasteiger partial charge < -0.3 is 9.84 Å². The number of halogens is 3. The second-order valence-corrected chi connectivity index (χ2v) is 5.62. The predicted octanol–water partition coefficient (Wildman–Crippen LogP) is 2.26. The van der Waals surface area contributed by atoms with Crippen molar-refractivity contribution in [3.8, 4) is 0 Å². The van der Waals surface area contributed by atoms with E-state index in [1.807, 2.05) is 7.05 Å². The van der Waals surface area contributed by atoms with Crippen LogP contribution in [-0.4, -0.2) is 41.7 Å². The van der Waals surface area contributed by atoms with Crippen LogP contribution in [0.25, 0.3) is 0 Å². The Hall–Kier alpha value is -1.93. The summed E-state index contributed by atoms with van der Waals surface area (Å²) in [5, 5.41) is 7.23. The van der Waals surface area contributed by atoms with Gasteiger partial charge in [-0.25, -0.2) is 0 Å². The Morgan fingerprint density at radius 2 is 2.22 bits per heavy atom. The summed E-state index contributed by atoms with van der Waals surface area (Å²) in [5.41, 5.74) is -0.184. The first kappa shape index (κ1) is 15.9. The van der Waals surface area contributed by atoms with Crippen molar-refractivity contribution in [3.63, 3.8) is 0 Å². The van der Waals surface area contributed by atoms with Crippen molar-refractivity contribution in [2.45, 2.75) is 18.6 Å². The van der Waals surface area contributed by atoms with Crippen molar-refractivity contribution in [2.24, 2.45) is 0 Å². The molecule has 1 aliphatic rings. The smallest absolute Gasteiger partial charge is 0.339 e. The molecule has 0 aliphatic carbocycles. The van der Waals surface area contributed by atoms with Crippen LogP contribution in [0.5, 0.6) is 0 Å². The fraction of sp³-hybridized carbons (Fsp3) is 0.467. The minimum absolute atomic E-state index is 0.0164. The highest BCUT2D eigenvalue weighted by Crippen LogP contribution is 2.30. The lowest BCUT2D eigenvalue weighted by Crippen LogP contribution is -2.44. The van der Waals surface area contributed by atoms with Crippen LogP contribution in [-0.2, 0) is 12.6 Å². The topological polar surface area (TPSA) is 54.2 Å². The van der Waals surface area contributed by atoms with Crippen molar-refractivity contribution >= 4 is 0 Å². The number of nitrogens with zero attached hydrogens (tertiary/aromatic N) is 3. The molecule has 1 unspecified atom stereocenters. The second kappa shape index (κ2) is 6.29. The number of benzene rings is 1. The van der Waals surface area contributed by atoms with Crippen LogP contribution in [0.1, 0.15) is 28.9 Å². The van der Waals surface area contributed by atoms with Gasteiger partial charge in [0.05, 0.1) is 18.0 Å². The van der Waals surface area contributed by atoms with Gasteiger partial charge in [0.1, 0.15) is 0 Å². The number of piperazine rings is 1. The van der Waals surface area contributed by atoms with Crippen LogP contribution < -0.4 is 5.32 Å². The number of aromatic nitrogens is 2. The van der Waals surface area contributed by atoms with Gasteiger partial charge in [-0.2, -0.15) is 18.2 Å². The quantitative estimate of drug-likeness (QED) is 0.938. The molecule has 23 heavy (non-hydrogen) atoms. The predicted molar refractivity (Wildman–Crippen MR) is 76.8 cm³/mol. The molecule has 1 saturated heterocycles. The van der Waals surface area contributed by atoms with Crippen molar-refractivity contribution in [1.82, 2.24) is 20.4 Å². The van der Waals surface area contributed by atoms with Crippen molar-refractivity contribution in [1.29, 1.82) is 0 Å². The van der Waals surface area contributed by atoms with E-state index in [0.717, 1.165) is 31.8 Å². The van der Waals surface area contributed by atoms with Crippen molar-refractivity contribution in [3.05, 3.63) is 47.1 Å². The molecule has 2 aromatic rings. The number of likely N-dealkylation sites (N-methyl/N-ethyl adjacent to an activating group) is 1. The van der Waals surface area contributed by atoms with E-state index in [9.17, 15) is 13.2 Å². The van der Waals surface area contributed by atoms with Gasteiger partial charge in [-0.05, 0) is 18.7 Å². The summed E-state index contributed by atoms with van der Waals surface area (Å²) in [7, 11) is 1.98. The van der Waals surface area contributed by atoms with E-state index in [0.29, 0.717) is 17.3 Å². The van der Waals surface area contributed by atoms with Gasteiger partial charge in [0, 0.05) is 19.6 Å². The molecule has 1 N–H and O–H groups in total. The standard InChI is InChI=1S/C15H17F3N4O/c1-22-6-5-19-9-12(22)14-20-13(23-21-14)8-10-3-2-4-11(7-10)15(16,17)18/h2-4,7,12,19H,5-6,8-9H2,1H3. The van der Waals surface area contributed by atoms with Crippen LogP contribution in [0.3, 0.4) is 0 Å².